The summed E-state index contributed by atoms with van der Waals surface area (Å²) >= 11 is 0. The Bertz CT molecular complexity index is 874. The lowest BCUT2D eigenvalue weighted by Crippen LogP contribution is -2.62. The molecular formula is C22H29N3O3. The summed E-state index contributed by atoms with van der Waals surface area (Å²) in [5, 5.41) is 3.03. The summed E-state index contributed by atoms with van der Waals surface area (Å²) in [6.07, 6.45) is 0. The van der Waals surface area contributed by atoms with E-state index in [2.05, 4.69) is 35.3 Å². The molecule has 0 unspecified atom stereocenters. The van der Waals surface area contributed by atoms with E-state index in [-0.39, 0.29) is 23.9 Å². The predicted octanol–water partition coefficient (Wildman–Crippen LogP) is 2.67. The van der Waals surface area contributed by atoms with Crippen LogP contribution in [0.2, 0.25) is 0 Å². The molecule has 2 heterocycles. The van der Waals surface area contributed by atoms with Gasteiger partial charge in [-0.2, -0.15) is 0 Å². The lowest BCUT2D eigenvalue weighted by molar-refractivity contribution is -0.142. The van der Waals surface area contributed by atoms with Crippen LogP contribution in [0.5, 0.6) is 0 Å². The van der Waals surface area contributed by atoms with Gasteiger partial charge in [0, 0.05) is 32.7 Å². The molecule has 28 heavy (non-hydrogen) atoms. The van der Waals surface area contributed by atoms with Crippen molar-refractivity contribution < 1.29 is 14.0 Å². The first-order chi connectivity index (χ1) is 13.3. The number of nitrogens with one attached hydrogen (secondary N) is 1. The van der Waals surface area contributed by atoms with Crippen LogP contribution >= 0.6 is 0 Å². The molecule has 0 saturated carbocycles. The van der Waals surface area contributed by atoms with Gasteiger partial charge in [0.15, 0.2) is 0 Å². The lowest BCUT2D eigenvalue weighted by atomic mass is 10.0. The molecule has 1 N–H and O–H groups in total. The molecule has 1 fully saturated rings. The van der Waals surface area contributed by atoms with Crippen LogP contribution in [0.1, 0.15) is 39.9 Å². The molecule has 150 valence electrons. The minimum absolute atomic E-state index is 0.0375. The van der Waals surface area contributed by atoms with Crippen molar-refractivity contribution in [2.45, 2.75) is 46.3 Å². The highest BCUT2D eigenvalue weighted by Gasteiger charge is 2.36. The van der Waals surface area contributed by atoms with Gasteiger partial charge in [-0.25, -0.2) is 0 Å². The molecule has 1 aliphatic rings. The molecular weight excluding hydrogens is 354 g/mol. The number of piperazine rings is 1. The largest absolute Gasteiger partial charge is 0.466 e. The number of aryl methyl sites for hydroxylation is 3. The molecule has 0 radical (unpaired) electrons. The average molecular weight is 383 g/mol. The normalized spacial score (nSPS) is 20.5. The predicted molar refractivity (Wildman–Crippen MR) is 108 cm³/mol. The molecule has 0 spiro atoms. The number of carbonyl (C=O) groups excluding carboxylic acids is 2. The van der Waals surface area contributed by atoms with Gasteiger partial charge in [-0.15, -0.1) is 0 Å². The Balaban J connectivity index is 1.74. The monoisotopic (exact) mass is 383 g/mol. The standard InChI is InChI=1S/C22H29N3O3/c1-14-7-6-8-18(9-14)12-25-16(3)22(27)24(5)13-19(25)11-23-21(26)20-10-15(2)28-17(20)4/h6-10,16,19H,11-13H2,1-5H3,(H,23,26)/t16-,19+/m0/s1. The van der Waals surface area contributed by atoms with E-state index in [4.69, 9.17) is 4.42 Å². The van der Waals surface area contributed by atoms with Crippen LogP contribution in [-0.2, 0) is 11.3 Å². The Labute approximate surface area is 166 Å². The van der Waals surface area contributed by atoms with Crippen LogP contribution in [0.25, 0.3) is 0 Å². The highest BCUT2D eigenvalue weighted by atomic mass is 16.3. The van der Waals surface area contributed by atoms with E-state index < -0.39 is 0 Å². The van der Waals surface area contributed by atoms with Crippen molar-refractivity contribution in [2.24, 2.45) is 0 Å². The quantitative estimate of drug-likeness (QED) is 0.862. The number of nitrogens with zero attached hydrogens (tertiary/aromatic N) is 2. The minimum atomic E-state index is -0.237. The third-order valence-electron chi connectivity index (χ3n) is 5.42. The van der Waals surface area contributed by atoms with Gasteiger partial charge < -0.3 is 14.6 Å². The molecule has 2 aromatic rings. The lowest BCUT2D eigenvalue weighted by Gasteiger charge is -2.44. The van der Waals surface area contributed by atoms with Gasteiger partial charge in [0.2, 0.25) is 5.91 Å². The molecule has 0 aliphatic carbocycles. The molecule has 2 atom stereocenters. The molecule has 6 heteroatoms. The number of carbonyl (C=O) groups is 2. The first kappa shape index (κ1) is 20.1. The number of benzene rings is 1. The van der Waals surface area contributed by atoms with Gasteiger partial charge in [0.05, 0.1) is 11.6 Å². The van der Waals surface area contributed by atoms with Crippen molar-refractivity contribution in [3.05, 3.63) is 58.5 Å². The Kier molecular flexibility index (Phi) is 5.89. The summed E-state index contributed by atoms with van der Waals surface area (Å²) in [4.78, 5) is 29.1. The Morgan fingerprint density at radius 3 is 2.64 bits per heavy atom. The van der Waals surface area contributed by atoms with Crippen molar-refractivity contribution in [1.29, 1.82) is 0 Å². The van der Waals surface area contributed by atoms with Crippen molar-refractivity contribution in [2.75, 3.05) is 20.1 Å². The van der Waals surface area contributed by atoms with E-state index in [0.717, 1.165) is 5.76 Å². The van der Waals surface area contributed by atoms with Crippen molar-refractivity contribution >= 4 is 11.8 Å². The summed E-state index contributed by atoms with van der Waals surface area (Å²) < 4.78 is 5.46. The second-order valence-corrected chi connectivity index (χ2v) is 7.75. The van der Waals surface area contributed by atoms with Crippen LogP contribution < -0.4 is 5.32 Å². The fourth-order valence-corrected chi connectivity index (χ4v) is 3.92. The highest BCUT2D eigenvalue weighted by molar-refractivity contribution is 5.95. The van der Waals surface area contributed by atoms with Crippen LogP contribution in [0.15, 0.2) is 34.7 Å². The van der Waals surface area contributed by atoms with E-state index >= 15 is 0 Å². The van der Waals surface area contributed by atoms with Crippen molar-refractivity contribution in [3.8, 4) is 0 Å². The third kappa shape index (κ3) is 4.28. The molecule has 1 aromatic carbocycles. The summed E-state index contributed by atoms with van der Waals surface area (Å²) in [5.74, 6) is 1.31. The van der Waals surface area contributed by atoms with Gasteiger partial charge in [0.25, 0.3) is 5.91 Å². The van der Waals surface area contributed by atoms with Gasteiger partial charge in [-0.1, -0.05) is 29.8 Å². The zero-order valence-electron chi connectivity index (χ0n) is 17.3. The van der Waals surface area contributed by atoms with Crippen LogP contribution in [0.4, 0.5) is 0 Å². The first-order valence-electron chi connectivity index (χ1n) is 9.67. The fourth-order valence-electron chi connectivity index (χ4n) is 3.92. The Morgan fingerprint density at radius 1 is 1.25 bits per heavy atom. The van der Waals surface area contributed by atoms with Gasteiger partial charge in [-0.05, 0) is 39.3 Å². The molecule has 0 bridgehead atoms. The second-order valence-electron chi connectivity index (χ2n) is 7.75. The summed E-state index contributed by atoms with van der Waals surface area (Å²) in [5.41, 5.74) is 2.93. The number of likely N-dealkylation sites (N-methyl/N-ethyl adjacent to an activating group) is 1. The summed E-state index contributed by atoms with van der Waals surface area (Å²) in [6, 6.07) is 9.88. The number of rotatable bonds is 5. The average Bonchev–Trinajstić information content (AvgIpc) is 2.99. The van der Waals surface area contributed by atoms with E-state index in [1.165, 1.54) is 11.1 Å². The SMILES string of the molecule is Cc1cccc(CN2[C@H](CNC(=O)c3cc(C)oc3C)CN(C)C(=O)[C@@H]2C)c1. The number of amides is 2. The van der Waals surface area contributed by atoms with Gasteiger partial charge >= 0.3 is 0 Å². The summed E-state index contributed by atoms with van der Waals surface area (Å²) in [7, 11) is 1.82. The maximum atomic E-state index is 12.6. The van der Waals surface area contributed by atoms with E-state index in [0.29, 0.717) is 31.0 Å². The smallest absolute Gasteiger partial charge is 0.254 e. The molecule has 1 saturated heterocycles. The Hall–Kier alpha value is -2.60. The molecule has 1 aliphatic heterocycles. The molecule has 3 rings (SSSR count). The van der Waals surface area contributed by atoms with Crippen LogP contribution in [0.3, 0.4) is 0 Å². The highest BCUT2D eigenvalue weighted by Crippen LogP contribution is 2.20. The molecule has 6 nitrogen and oxygen atoms in total. The third-order valence-corrected chi connectivity index (χ3v) is 5.42. The Morgan fingerprint density at radius 2 is 2.00 bits per heavy atom. The van der Waals surface area contributed by atoms with Gasteiger partial charge in [0.1, 0.15) is 11.5 Å². The number of hydrogen-bond acceptors (Lipinski definition) is 4. The fraction of sp³-hybridized carbons (Fsp3) is 0.455. The van der Waals surface area contributed by atoms with Crippen molar-refractivity contribution in [1.82, 2.24) is 15.1 Å². The van der Waals surface area contributed by atoms with Crippen LogP contribution in [-0.4, -0.2) is 53.8 Å². The van der Waals surface area contributed by atoms with E-state index in [1.807, 2.05) is 27.0 Å². The molecule has 1 aromatic heterocycles. The van der Waals surface area contributed by atoms with Gasteiger partial charge in [-0.3, -0.25) is 14.5 Å². The first-order valence-corrected chi connectivity index (χ1v) is 9.67. The minimum Gasteiger partial charge on any atom is -0.466 e. The zero-order valence-corrected chi connectivity index (χ0v) is 17.3. The number of hydrogen-bond donors (Lipinski definition) is 1. The van der Waals surface area contributed by atoms with Crippen LogP contribution in [0, 0.1) is 20.8 Å². The van der Waals surface area contributed by atoms with E-state index in [1.54, 1.807) is 17.9 Å². The zero-order chi connectivity index (χ0) is 20.4. The topological polar surface area (TPSA) is 65.8 Å². The maximum absolute atomic E-state index is 12.6. The maximum Gasteiger partial charge on any atom is 0.254 e. The van der Waals surface area contributed by atoms with E-state index in [9.17, 15) is 9.59 Å². The second kappa shape index (κ2) is 8.19. The number of furan rings is 1. The van der Waals surface area contributed by atoms with Crippen molar-refractivity contribution in [3.63, 3.8) is 0 Å². The summed E-state index contributed by atoms with van der Waals surface area (Å²) in [6.45, 7) is 9.35. The molecule has 2 amide bonds.